The Bertz CT molecular complexity index is 692. The van der Waals surface area contributed by atoms with Crippen molar-refractivity contribution in [2.75, 3.05) is 5.73 Å². The molecule has 4 atom stereocenters. The molecule has 8 heteroatoms. The molecule has 0 saturated carbocycles. The van der Waals surface area contributed by atoms with E-state index in [0.717, 1.165) is 4.52 Å². The lowest BCUT2D eigenvalue weighted by Gasteiger charge is -2.24. The van der Waals surface area contributed by atoms with Crippen LogP contribution in [0.15, 0.2) is 12.1 Å². The summed E-state index contributed by atoms with van der Waals surface area (Å²) < 4.78 is 34.4. The van der Waals surface area contributed by atoms with Gasteiger partial charge in [0.05, 0.1) is 6.10 Å². The number of alkyl halides is 1. The molecule has 114 valence electrons. The molecule has 3 N–H and O–H groups in total. The van der Waals surface area contributed by atoms with Crippen molar-refractivity contribution in [3.8, 4) is 0 Å². The maximum absolute atomic E-state index is 14.5. The lowest BCUT2D eigenvalue weighted by atomic mass is 9.95. The summed E-state index contributed by atoms with van der Waals surface area (Å²) in [5.74, 6) is -2.76. The standard InChI is InChI=1S/C13H16F2N4O2/c1-3-8-6(2)10(14)13(20,21-8)9-5-4-7-11(16)17-12(15)18-19(7)9/h4-6,8,10,20H,3H2,1-2H3,(H2,16,17,18)/t6-,8-,10-,13?/m1/s1. The van der Waals surface area contributed by atoms with E-state index in [1.807, 2.05) is 6.92 Å². The van der Waals surface area contributed by atoms with Gasteiger partial charge in [0.2, 0.25) is 5.79 Å². The van der Waals surface area contributed by atoms with Gasteiger partial charge >= 0.3 is 6.08 Å². The predicted octanol–water partition coefficient (Wildman–Crippen LogP) is 1.38. The van der Waals surface area contributed by atoms with Crippen LogP contribution in [0, 0.1) is 12.0 Å². The van der Waals surface area contributed by atoms with Crippen LogP contribution in [0.1, 0.15) is 26.0 Å². The maximum atomic E-state index is 14.5. The van der Waals surface area contributed by atoms with Gasteiger partial charge < -0.3 is 15.6 Å². The van der Waals surface area contributed by atoms with Crippen molar-refractivity contribution < 1.29 is 18.6 Å². The van der Waals surface area contributed by atoms with Gasteiger partial charge in [-0.15, -0.1) is 5.10 Å². The number of aromatic nitrogens is 3. The molecule has 1 fully saturated rings. The second-order valence-electron chi connectivity index (χ2n) is 5.30. The van der Waals surface area contributed by atoms with Crippen LogP contribution in [-0.2, 0) is 10.5 Å². The van der Waals surface area contributed by atoms with E-state index in [2.05, 4.69) is 10.1 Å². The van der Waals surface area contributed by atoms with Crippen LogP contribution in [-0.4, -0.2) is 32.0 Å². The van der Waals surface area contributed by atoms with Crippen LogP contribution in [0.4, 0.5) is 14.6 Å². The molecule has 1 aliphatic rings. The van der Waals surface area contributed by atoms with Crippen LogP contribution in [0.2, 0.25) is 0 Å². The quantitative estimate of drug-likeness (QED) is 0.875. The molecule has 1 unspecified atom stereocenters. The monoisotopic (exact) mass is 298 g/mol. The van der Waals surface area contributed by atoms with E-state index in [4.69, 9.17) is 10.5 Å². The van der Waals surface area contributed by atoms with E-state index in [-0.39, 0.29) is 17.0 Å². The van der Waals surface area contributed by atoms with Crippen LogP contribution in [0.25, 0.3) is 5.52 Å². The number of rotatable bonds is 2. The third kappa shape index (κ3) is 1.90. The molecule has 0 aliphatic carbocycles. The van der Waals surface area contributed by atoms with Gasteiger partial charge in [-0.3, -0.25) is 0 Å². The molecule has 0 bridgehead atoms. The van der Waals surface area contributed by atoms with E-state index in [1.54, 1.807) is 6.92 Å². The fourth-order valence-corrected chi connectivity index (χ4v) is 2.87. The Balaban J connectivity index is 2.16. The molecule has 0 amide bonds. The SMILES string of the molecule is CC[C@H]1OC(O)(c2ccc3c(N)nc(F)nn23)[C@H](F)[C@@H]1C. The van der Waals surface area contributed by atoms with Crippen LogP contribution < -0.4 is 5.73 Å². The number of nitrogens with zero attached hydrogens (tertiary/aromatic N) is 3. The Morgan fingerprint density at radius 1 is 1.52 bits per heavy atom. The first-order chi connectivity index (χ1) is 9.88. The molecule has 6 nitrogen and oxygen atoms in total. The molecule has 3 heterocycles. The van der Waals surface area contributed by atoms with Gasteiger partial charge in [0, 0.05) is 5.92 Å². The van der Waals surface area contributed by atoms with Gasteiger partial charge in [0.15, 0.2) is 12.0 Å². The van der Waals surface area contributed by atoms with Gasteiger partial charge in [-0.2, -0.15) is 9.37 Å². The number of hydrogen-bond acceptors (Lipinski definition) is 5. The van der Waals surface area contributed by atoms with Crippen molar-refractivity contribution in [2.45, 2.75) is 38.3 Å². The number of fused-ring (bicyclic) bond motifs is 1. The zero-order valence-corrected chi connectivity index (χ0v) is 11.6. The average Bonchev–Trinajstić information content (AvgIpc) is 2.95. The van der Waals surface area contributed by atoms with Crippen molar-refractivity contribution in [1.82, 2.24) is 14.6 Å². The van der Waals surface area contributed by atoms with Gasteiger partial charge in [-0.25, -0.2) is 8.91 Å². The molecule has 3 rings (SSSR count). The van der Waals surface area contributed by atoms with E-state index in [0.29, 0.717) is 6.42 Å². The Kier molecular flexibility index (Phi) is 3.10. The Morgan fingerprint density at radius 3 is 2.86 bits per heavy atom. The zero-order valence-electron chi connectivity index (χ0n) is 11.6. The number of aliphatic hydroxyl groups is 1. The fourth-order valence-electron chi connectivity index (χ4n) is 2.87. The highest BCUT2D eigenvalue weighted by Gasteiger charge is 2.55. The van der Waals surface area contributed by atoms with E-state index < -0.39 is 30.1 Å². The summed E-state index contributed by atoms with van der Waals surface area (Å²) in [6, 6.07) is 2.90. The summed E-state index contributed by atoms with van der Waals surface area (Å²) in [5.41, 5.74) is 5.88. The largest absolute Gasteiger partial charge is 0.382 e. The van der Waals surface area contributed by atoms with Gasteiger partial charge in [0.25, 0.3) is 0 Å². The predicted molar refractivity (Wildman–Crippen MR) is 70.5 cm³/mol. The molecular formula is C13H16F2N4O2. The fraction of sp³-hybridized carbons (Fsp3) is 0.538. The summed E-state index contributed by atoms with van der Waals surface area (Å²) in [6.07, 6.45) is -2.59. The van der Waals surface area contributed by atoms with Crippen LogP contribution in [0.5, 0.6) is 0 Å². The normalized spacial score (nSPS) is 32.9. The summed E-state index contributed by atoms with van der Waals surface area (Å²) in [5, 5.41) is 14.2. The molecule has 2 aromatic heterocycles. The lowest BCUT2D eigenvalue weighted by molar-refractivity contribution is -0.227. The van der Waals surface area contributed by atoms with Gasteiger partial charge in [0.1, 0.15) is 11.2 Å². The maximum Gasteiger partial charge on any atom is 0.327 e. The highest BCUT2D eigenvalue weighted by Crippen LogP contribution is 2.44. The highest BCUT2D eigenvalue weighted by molar-refractivity contribution is 5.65. The number of anilines is 1. The highest BCUT2D eigenvalue weighted by atomic mass is 19.1. The number of ether oxygens (including phenoxy) is 1. The molecular weight excluding hydrogens is 282 g/mol. The van der Waals surface area contributed by atoms with Gasteiger partial charge in [-0.05, 0) is 18.6 Å². The van der Waals surface area contributed by atoms with Crippen molar-refractivity contribution in [2.24, 2.45) is 5.92 Å². The third-order valence-electron chi connectivity index (χ3n) is 4.04. The molecule has 0 aromatic carbocycles. The van der Waals surface area contributed by atoms with Gasteiger partial charge in [-0.1, -0.05) is 13.8 Å². The summed E-state index contributed by atoms with van der Waals surface area (Å²) in [4.78, 5) is 3.39. The zero-order chi connectivity index (χ0) is 15.4. The van der Waals surface area contributed by atoms with E-state index in [1.165, 1.54) is 12.1 Å². The minimum Gasteiger partial charge on any atom is -0.382 e. The minimum atomic E-state index is -2.18. The second kappa shape index (κ2) is 4.60. The Morgan fingerprint density at radius 2 is 2.24 bits per heavy atom. The smallest absolute Gasteiger partial charge is 0.327 e. The molecule has 21 heavy (non-hydrogen) atoms. The molecule has 1 saturated heterocycles. The third-order valence-corrected chi connectivity index (χ3v) is 4.04. The van der Waals surface area contributed by atoms with Crippen LogP contribution in [0.3, 0.4) is 0 Å². The number of nitrogen functional groups attached to an aromatic ring is 1. The van der Waals surface area contributed by atoms with Crippen LogP contribution >= 0.6 is 0 Å². The first-order valence-corrected chi connectivity index (χ1v) is 6.74. The van der Waals surface area contributed by atoms with E-state index in [9.17, 15) is 13.9 Å². The summed E-state index contributed by atoms with van der Waals surface area (Å²) in [6.45, 7) is 3.51. The first-order valence-electron chi connectivity index (χ1n) is 6.74. The second-order valence-corrected chi connectivity index (χ2v) is 5.30. The van der Waals surface area contributed by atoms with Crippen molar-refractivity contribution in [3.05, 3.63) is 23.9 Å². The minimum absolute atomic E-state index is 0.000741. The first kappa shape index (κ1) is 14.2. The number of hydrogen-bond donors (Lipinski definition) is 2. The van der Waals surface area contributed by atoms with Crippen molar-refractivity contribution in [3.63, 3.8) is 0 Å². The van der Waals surface area contributed by atoms with E-state index >= 15 is 0 Å². The summed E-state index contributed by atoms with van der Waals surface area (Å²) in [7, 11) is 0. The lowest BCUT2D eigenvalue weighted by Crippen LogP contribution is -2.37. The van der Waals surface area contributed by atoms with Crippen molar-refractivity contribution >= 4 is 11.3 Å². The molecule has 0 spiro atoms. The average molecular weight is 298 g/mol. The molecule has 0 radical (unpaired) electrons. The molecule has 2 aromatic rings. The Hall–Kier alpha value is -1.80. The summed E-state index contributed by atoms with van der Waals surface area (Å²) >= 11 is 0. The van der Waals surface area contributed by atoms with Crippen molar-refractivity contribution in [1.29, 1.82) is 0 Å². The number of halogens is 2. The number of nitrogens with two attached hydrogens (primary N) is 1. The molecule has 1 aliphatic heterocycles. The Labute approximate surface area is 119 Å². The topological polar surface area (TPSA) is 85.7 Å².